The molecule has 240 valence electrons. The van der Waals surface area contributed by atoms with E-state index in [0.717, 1.165) is 38.5 Å². The van der Waals surface area contributed by atoms with Gasteiger partial charge in [-0.3, -0.25) is 18.2 Å². The number of rotatable bonds is 21. The maximum atomic E-state index is 13.0. The van der Waals surface area contributed by atoms with Crippen molar-refractivity contribution in [1.82, 2.24) is 0 Å². The Morgan fingerprint density at radius 2 is 0.707 bits per heavy atom. The van der Waals surface area contributed by atoms with Crippen molar-refractivity contribution < 1.29 is 70.9 Å². The molecule has 0 spiro atoms. The first-order chi connectivity index (χ1) is 18.2. The van der Waals surface area contributed by atoms with Gasteiger partial charge in [0.05, 0.1) is 13.2 Å². The zero-order valence-corrected chi connectivity index (χ0v) is 25.5. The molecule has 0 aliphatic rings. The van der Waals surface area contributed by atoms with E-state index in [1.54, 1.807) is 0 Å². The molecule has 0 fully saturated rings. The Morgan fingerprint density at radius 3 is 0.927 bits per heavy atom. The van der Waals surface area contributed by atoms with Gasteiger partial charge in [-0.1, -0.05) is 78.1 Å². The Kier molecular flexibility index (Phi) is 18.5. The third-order valence-electron chi connectivity index (χ3n) is 5.89. The molecule has 0 aromatic heterocycles. The Balaban J connectivity index is 0. The molecule has 0 aromatic carbocycles. The molecule has 0 unspecified atom stereocenters. The van der Waals surface area contributed by atoms with Crippen molar-refractivity contribution in [2.75, 3.05) is 13.2 Å². The number of hydrogen-bond acceptors (Lipinski definition) is 12. The third kappa shape index (κ3) is 10.0. The summed E-state index contributed by atoms with van der Waals surface area (Å²) in [5.41, 5.74) is 0. The van der Waals surface area contributed by atoms with Crippen molar-refractivity contribution in [3.05, 3.63) is 0 Å². The van der Waals surface area contributed by atoms with Crippen molar-refractivity contribution in [2.45, 2.75) is 99.1 Å². The van der Waals surface area contributed by atoms with Crippen molar-refractivity contribution in [1.29, 1.82) is 0 Å². The number of carbonyl (C=O) groups is 2. The molecule has 4 N–H and O–H groups in total. The number of carbonyl (C=O) groups excluding carboxylic acids is 2. The minimum atomic E-state index is -7.14. The molecule has 0 aliphatic heterocycles. The first-order valence-electron chi connectivity index (χ1n) is 12.4. The van der Waals surface area contributed by atoms with Gasteiger partial charge in [-0.2, -0.15) is 33.7 Å². The fraction of sp³-hybridized carbons (Fsp3) is 0.900. The number of unbranched alkanes of at least 4 members (excludes halogenated alkanes) is 10. The van der Waals surface area contributed by atoms with Gasteiger partial charge in [-0.25, -0.2) is 9.59 Å². The fourth-order valence-corrected chi connectivity index (χ4v) is 11.3. The zero-order valence-electron chi connectivity index (χ0n) is 22.2. The number of esters is 2. The van der Waals surface area contributed by atoms with E-state index in [-0.39, 0.29) is 42.4 Å². The van der Waals surface area contributed by atoms with Gasteiger partial charge in [0.2, 0.25) is 0 Å². The molecule has 0 aromatic rings. The molecule has 41 heavy (non-hydrogen) atoms. The fourth-order valence-electron chi connectivity index (χ4n) is 3.92. The van der Waals surface area contributed by atoms with Crippen molar-refractivity contribution in [3.8, 4) is 0 Å². The Labute approximate surface area is 263 Å². The van der Waals surface area contributed by atoms with E-state index in [4.69, 9.17) is 0 Å². The van der Waals surface area contributed by atoms with Crippen LogP contribution in [0.5, 0.6) is 0 Å². The van der Waals surface area contributed by atoms with E-state index in [9.17, 15) is 61.5 Å². The summed E-state index contributed by atoms with van der Waals surface area (Å²) in [6, 6.07) is 0. The Bertz CT molecular complexity index is 1110. The quantitative estimate of drug-likeness (QED) is 0.0569. The van der Waals surface area contributed by atoms with Crippen molar-refractivity contribution in [2.24, 2.45) is 0 Å². The minimum absolute atomic E-state index is 0. The van der Waals surface area contributed by atoms with Crippen LogP contribution in [0.25, 0.3) is 0 Å². The summed E-state index contributed by atoms with van der Waals surface area (Å²) in [6.07, 6.45) is 6.28. The first kappa shape index (κ1) is 42.7. The van der Waals surface area contributed by atoms with Crippen LogP contribution < -0.4 is 0 Å². The molecule has 16 nitrogen and oxygen atoms in total. The van der Waals surface area contributed by atoms with Crippen LogP contribution >= 0.6 is 0 Å². The van der Waals surface area contributed by atoms with Gasteiger partial charge >= 0.3 is 90.1 Å². The second-order valence-corrected chi connectivity index (χ2v) is 15.7. The molecule has 21 heteroatoms. The second kappa shape index (κ2) is 17.8. The number of ether oxygens (including phenoxy) is 2. The van der Waals surface area contributed by atoms with Crippen LogP contribution in [0.1, 0.15) is 90.9 Å². The van der Waals surface area contributed by atoms with Gasteiger partial charge in [-0.15, -0.1) is 0 Å². The summed E-state index contributed by atoms with van der Waals surface area (Å²) >= 11 is 0. The maximum absolute atomic E-state index is 13.0. The molecule has 0 rings (SSSR count). The predicted octanol–water partition coefficient (Wildman–Crippen LogP) is 1.09. The summed E-state index contributed by atoms with van der Waals surface area (Å²) in [7, 11) is -28.6. The van der Waals surface area contributed by atoms with Crippen LogP contribution in [0, 0.1) is 0 Å². The standard InChI is InChI=1S/C20H38O16S4.Na.H/c1-3-5-7-9-11-13-15-35-17(21)19(37(23,24)25,38(26,27)28)20(39(29,30)31,40(32,33)34)18(22)36-16-14-12-10-8-6-4-2;;/h3-16H2,1-2H3,(H,23,24,25)(H,26,27,28)(H,29,30,31)(H,32,33,34);;. The average molecular weight is 687 g/mol. The van der Waals surface area contributed by atoms with E-state index in [1.165, 1.54) is 0 Å². The summed E-state index contributed by atoms with van der Waals surface area (Å²) < 4.78 is 136. The summed E-state index contributed by atoms with van der Waals surface area (Å²) in [6.45, 7) is 2.00. The van der Waals surface area contributed by atoms with Gasteiger partial charge in [0.25, 0.3) is 0 Å². The summed E-state index contributed by atoms with van der Waals surface area (Å²) in [4.78, 5) is 25.9. The number of hydrogen-bond donors (Lipinski definition) is 4. The molecule has 0 bridgehead atoms. The Hall–Kier alpha value is -0.420. The second-order valence-electron chi connectivity index (χ2n) is 8.94. The summed E-state index contributed by atoms with van der Waals surface area (Å²) in [5.74, 6) is -6.03. The average Bonchev–Trinajstić information content (AvgIpc) is 2.77. The molecule has 0 saturated carbocycles. The van der Waals surface area contributed by atoms with Gasteiger partial charge in [0, 0.05) is 0 Å². The van der Waals surface area contributed by atoms with Gasteiger partial charge in [0.15, 0.2) is 0 Å². The van der Waals surface area contributed by atoms with E-state index < -0.39 is 73.8 Å². The Morgan fingerprint density at radius 1 is 0.488 bits per heavy atom. The molecule has 0 amide bonds. The van der Waals surface area contributed by atoms with Crippen LogP contribution in [0.4, 0.5) is 0 Å². The summed E-state index contributed by atoms with van der Waals surface area (Å²) in [5, 5.41) is 0. The van der Waals surface area contributed by atoms with Gasteiger partial charge in [-0.05, 0) is 12.8 Å². The SMILES string of the molecule is CCCCCCCCOC(=O)C(C(C(=O)OCCCCCCCC)(S(=O)(=O)O)S(=O)(=O)O)(S(=O)(=O)O)S(=O)(=O)O.[NaH]. The molecule has 0 atom stereocenters. The molecule has 0 heterocycles. The van der Waals surface area contributed by atoms with E-state index in [1.807, 2.05) is 13.8 Å². The normalized spacial score (nSPS) is 13.3. The molecule has 0 saturated heterocycles. The first-order valence-corrected chi connectivity index (χ1v) is 18.2. The van der Waals surface area contributed by atoms with Crippen LogP contribution in [-0.2, 0) is 59.5 Å². The van der Waals surface area contributed by atoms with Gasteiger partial charge in [0.1, 0.15) is 0 Å². The topological polar surface area (TPSA) is 270 Å². The molecule has 0 aliphatic carbocycles. The van der Waals surface area contributed by atoms with Crippen molar-refractivity contribution in [3.63, 3.8) is 0 Å². The van der Waals surface area contributed by atoms with Crippen LogP contribution in [0.15, 0.2) is 0 Å². The zero-order chi connectivity index (χ0) is 31.5. The van der Waals surface area contributed by atoms with Crippen molar-refractivity contribution >= 4 is 82.0 Å². The third-order valence-corrected chi connectivity index (χ3v) is 13.7. The van der Waals surface area contributed by atoms with Gasteiger partial charge < -0.3 is 9.47 Å². The van der Waals surface area contributed by atoms with E-state index >= 15 is 0 Å². The molecular weight excluding hydrogens is 647 g/mol. The van der Waals surface area contributed by atoms with E-state index in [0.29, 0.717) is 25.7 Å². The van der Waals surface area contributed by atoms with Crippen LogP contribution in [-0.4, -0.2) is 115 Å². The van der Waals surface area contributed by atoms with E-state index in [2.05, 4.69) is 9.47 Å². The van der Waals surface area contributed by atoms with Crippen LogP contribution in [0.3, 0.4) is 0 Å². The molecular formula is C20H39NaO16S4. The monoisotopic (exact) mass is 686 g/mol. The predicted molar refractivity (Wildman–Crippen MR) is 147 cm³/mol. The molecule has 0 radical (unpaired) electrons. The van der Waals surface area contributed by atoms with Crippen LogP contribution in [0.2, 0.25) is 0 Å².